The number of carbonyl (C=O) groups is 2. The highest BCUT2D eigenvalue weighted by Gasteiger charge is 2.33. The lowest BCUT2D eigenvalue weighted by Gasteiger charge is -2.23. The standard InChI is InChI=1S/C15H19NO6/c1-5-22-14(18)9-13(17)15(2,3)10-6-7-12(21-4)11(8-10)16(19)20/h6-8H,5,9H2,1-4H3. The molecule has 22 heavy (non-hydrogen) atoms. The second-order valence-corrected chi connectivity index (χ2v) is 5.17. The SMILES string of the molecule is CCOC(=O)CC(=O)C(C)(C)c1ccc(OC)c([N+](=O)[O-])c1. The van der Waals surface area contributed by atoms with E-state index < -0.39 is 16.3 Å². The summed E-state index contributed by atoms with van der Waals surface area (Å²) in [5.74, 6) is -0.864. The summed E-state index contributed by atoms with van der Waals surface area (Å²) in [6.07, 6.45) is -0.374. The maximum absolute atomic E-state index is 12.3. The van der Waals surface area contributed by atoms with Crippen molar-refractivity contribution in [2.24, 2.45) is 0 Å². The molecule has 0 radical (unpaired) electrons. The molecular weight excluding hydrogens is 290 g/mol. The number of ketones is 1. The van der Waals surface area contributed by atoms with Crippen LogP contribution in [0, 0.1) is 10.1 Å². The number of nitro groups is 1. The zero-order chi connectivity index (χ0) is 16.9. The van der Waals surface area contributed by atoms with Crippen molar-refractivity contribution in [3.05, 3.63) is 33.9 Å². The van der Waals surface area contributed by atoms with Crippen molar-refractivity contribution in [1.82, 2.24) is 0 Å². The first-order valence-electron chi connectivity index (χ1n) is 6.75. The Hall–Kier alpha value is -2.44. The van der Waals surface area contributed by atoms with E-state index in [1.165, 1.54) is 19.2 Å². The van der Waals surface area contributed by atoms with Gasteiger partial charge in [-0.05, 0) is 32.4 Å². The maximum atomic E-state index is 12.3. The third kappa shape index (κ3) is 3.81. The van der Waals surface area contributed by atoms with Gasteiger partial charge in [0.25, 0.3) is 0 Å². The predicted molar refractivity (Wildman–Crippen MR) is 78.9 cm³/mol. The molecule has 1 rings (SSSR count). The molecule has 0 fully saturated rings. The number of carbonyl (C=O) groups excluding carboxylic acids is 2. The zero-order valence-corrected chi connectivity index (χ0v) is 13.0. The molecule has 0 atom stereocenters. The first-order valence-corrected chi connectivity index (χ1v) is 6.75. The number of ether oxygens (including phenoxy) is 2. The van der Waals surface area contributed by atoms with Gasteiger partial charge in [0, 0.05) is 11.5 Å². The topological polar surface area (TPSA) is 95.7 Å². The zero-order valence-electron chi connectivity index (χ0n) is 13.0. The van der Waals surface area contributed by atoms with Crippen LogP contribution in [0.4, 0.5) is 5.69 Å². The van der Waals surface area contributed by atoms with Crippen LogP contribution in [0.2, 0.25) is 0 Å². The number of hydrogen-bond acceptors (Lipinski definition) is 6. The number of nitrogens with zero attached hydrogens (tertiary/aromatic N) is 1. The van der Waals surface area contributed by atoms with E-state index in [2.05, 4.69) is 0 Å². The molecule has 0 aromatic heterocycles. The second kappa shape index (κ2) is 7.02. The molecule has 0 aliphatic carbocycles. The number of hydrogen-bond donors (Lipinski definition) is 0. The summed E-state index contributed by atoms with van der Waals surface area (Å²) in [6, 6.07) is 4.31. The quantitative estimate of drug-likeness (QED) is 0.332. The lowest BCUT2D eigenvalue weighted by molar-refractivity contribution is -0.385. The normalized spacial score (nSPS) is 10.9. The Balaban J connectivity index is 3.11. The molecule has 0 aliphatic heterocycles. The van der Waals surface area contributed by atoms with Gasteiger partial charge >= 0.3 is 11.7 Å². The van der Waals surface area contributed by atoms with Crippen LogP contribution in [0.1, 0.15) is 32.8 Å². The van der Waals surface area contributed by atoms with Crippen LogP contribution < -0.4 is 4.74 Å². The Morgan fingerprint density at radius 3 is 2.45 bits per heavy atom. The van der Waals surface area contributed by atoms with E-state index in [4.69, 9.17) is 9.47 Å². The number of nitro benzene ring substituents is 1. The summed E-state index contributed by atoms with van der Waals surface area (Å²) in [5, 5.41) is 11.1. The highest BCUT2D eigenvalue weighted by Crippen LogP contribution is 2.34. The van der Waals surface area contributed by atoms with E-state index in [9.17, 15) is 19.7 Å². The minimum atomic E-state index is -1.05. The van der Waals surface area contributed by atoms with Gasteiger partial charge in [-0.15, -0.1) is 0 Å². The number of Topliss-reactive ketones (excluding diaryl/α,β-unsaturated/α-hetero) is 1. The molecule has 0 heterocycles. The van der Waals surface area contributed by atoms with Crippen LogP contribution >= 0.6 is 0 Å². The molecule has 0 saturated heterocycles. The van der Waals surface area contributed by atoms with Gasteiger partial charge < -0.3 is 9.47 Å². The van der Waals surface area contributed by atoms with E-state index in [1.807, 2.05) is 0 Å². The molecule has 1 aromatic carbocycles. The highest BCUT2D eigenvalue weighted by molar-refractivity contribution is 6.01. The fraction of sp³-hybridized carbons (Fsp3) is 0.467. The molecular formula is C15H19NO6. The fourth-order valence-corrected chi connectivity index (χ4v) is 1.95. The Morgan fingerprint density at radius 2 is 1.95 bits per heavy atom. The van der Waals surface area contributed by atoms with Crippen molar-refractivity contribution in [1.29, 1.82) is 0 Å². The number of rotatable bonds is 7. The third-order valence-electron chi connectivity index (χ3n) is 3.40. The van der Waals surface area contributed by atoms with E-state index in [1.54, 1.807) is 26.8 Å². The smallest absolute Gasteiger partial charge is 0.313 e. The molecule has 120 valence electrons. The van der Waals surface area contributed by atoms with Gasteiger partial charge in [-0.1, -0.05) is 6.07 Å². The van der Waals surface area contributed by atoms with Crippen LogP contribution in [0.25, 0.3) is 0 Å². The first-order chi connectivity index (χ1) is 10.2. The lowest BCUT2D eigenvalue weighted by Crippen LogP contribution is -2.31. The minimum absolute atomic E-state index is 0.113. The minimum Gasteiger partial charge on any atom is -0.490 e. The molecule has 1 aromatic rings. The largest absolute Gasteiger partial charge is 0.490 e. The van der Waals surface area contributed by atoms with Gasteiger partial charge in [-0.25, -0.2) is 0 Å². The van der Waals surface area contributed by atoms with Gasteiger partial charge in [0.15, 0.2) is 11.5 Å². The van der Waals surface area contributed by atoms with Crippen LogP contribution in [0.3, 0.4) is 0 Å². The fourth-order valence-electron chi connectivity index (χ4n) is 1.95. The second-order valence-electron chi connectivity index (χ2n) is 5.17. The van der Waals surface area contributed by atoms with Crippen molar-refractivity contribution in [2.75, 3.05) is 13.7 Å². The van der Waals surface area contributed by atoms with Crippen LogP contribution in [0.5, 0.6) is 5.75 Å². The predicted octanol–water partition coefficient (Wildman–Crippen LogP) is 2.40. The Morgan fingerprint density at radius 1 is 1.32 bits per heavy atom. The van der Waals surface area contributed by atoms with E-state index >= 15 is 0 Å². The van der Waals surface area contributed by atoms with Gasteiger partial charge in [0.1, 0.15) is 6.42 Å². The molecule has 0 saturated carbocycles. The van der Waals surface area contributed by atoms with Crippen molar-refractivity contribution in [3.8, 4) is 5.75 Å². The van der Waals surface area contributed by atoms with Crippen LogP contribution in [0.15, 0.2) is 18.2 Å². The summed E-state index contributed by atoms with van der Waals surface area (Å²) in [5.41, 5.74) is -0.838. The van der Waals surface area contributed by atoms with Crippen molar-refractivity contribution in [2.45, 2.75) is 32.6 Å². The highest BCUT2D eigenvalue weighted by atomic mass is 16.6. The summed E-state index contributed by atoms with van der Waals surface area (Å²) < 4.78 is 9.68. The van der Waals surface area contributed by atoms with Gasteiger partial charge in [0.2, 0.25) is 0 Å². The van der Waals surface area contributed by atoms with E-state index in [-0.39, 0.29) is 30.2 Å². The molecule has 7 nitrogen and oxygen atoms in total. The summed E-state index contributed by atoms with van der Waals surface area (Å²) in [7, 11) is 1.33. The number of benzene rings is 1. The van der Waals surface area contributed by atoms with Crippen LogP contribution in [-0.2, 0) is 19.7 Å². The Kier molecular flexibility index (Phi) is 5.62. The average molecular weight is 309 g/mol. The summed E-state index contributed by atoms with van der Waals surface area (Å²) in [4.78, 5) is 34.2. The molecule has 0 aliphatic rings. The molecule has 0 N–H and O–H groups in total. The molecule has 0 bridgehead atoms. The lowest BCUT2D eigenvalue weighted by atomic mass is 9.79. The van der Waals surface area contributed by atoms with Crippen molar-refractivity contribution < 1.29 is 24.0 Å². The average Bonchev–Trinajstić information content (AvgIpc) is 2.46. The molecule has 0 unspecified atom stereocenters. The summed E-state index contributed by atoms with van der Waals surface area (Å²) >= 11 is 0. The van der Waals surface area contributed by atoms with Gasteiger partial charge in [0.05, 0.1) is 18.6 Å². The summed E-state index contributed by atoms with van der Waals surface area (Å²) in [6.45, 7) is 5.07. The first kappa shape index (κ1) is 17.6. The van der Waals surface area contributed by atoms with E-state index in [0.29, 0.717) is 5.56 Å². The van der Waals surface area contributed by atoms with Crippen molar-refractivity contribution in [3.63, 3.8) is 0 Å². The maximum Gasteiger partial charge on any atom is 0.313 e. The van der Waals surface area contributed by atoms with Gasteiger partial charge in [-0.2, -0.15) is 0 Å². The van der Waals surface area contributed by atoms with Crippen molar-refractivity contribution >= 4 is 17.4 Å². The van der Waals surface area contributed by atoms with Gasteiger partial charge in [-0.3, -0.25) is 19.7 Å². The number of methoxy groups -OCH3 is 1. The molecule has 7 heteroatoms. The Labute approximate surface area is 128 Å². The third-order valence-corrected chi connectivity index (χ3v) is 3.40. The van der Waals surface area contributed by atoms with E-state index in [0.717, 1.165) is 0 Å². The Bertz CT molecular complexity index is 594. The molecule has 0 spiro atoms. The number of esters is 1. The molecule has 0 amide bonds. The monoisotopic (exact) mass is 309 g/mol. The van der Waals surface area contributed by atoms with Crippen LogP contribution in [-0.4, -0.2) is 30.4 Å².